The number of imidazole rings is 1. The normalized spacial score (nSPS) is 21.0. The van der Waals surface area contributed by atoms with Crippen LogP contribution in [0.4, 0.5) is 5.95 Å². The molecule has 1 aliphatic rings. The summed E-state index contributed by atoms with van der Waals surface area (Å²) in [5.74, 6) is -2.54. The first kappa shape index (κ1) is 26.7. The maximum absolute atomic E-state index is 12.7. The van der Waals surface area contributed by atoms with Crippen molar-refractivity contribution >= 4 is 51.7 Å². The molecule has 3 heterocycles. The monoisotopic (exact) mass is 529 g/mol. The van der Waals surface area contributed by atoms with Gasteiger partial charge in [0.25, 0.3) is 5.56 Å². The molecule has 38 heavy (non-hydrogen) atoms. The fourth-order valence-corrected chi connectivity index (χ4v) is 4.10. The summed E-state index contributed by atoms with van der Waals surface area (Å²) in [6.07, 6.45) is -2.77. The van der Waals surface area contributed by atoms with Gasteiger partial charge in [0.1, 0.15) is 12.7 Å². The Kier molecular flexibility index (Phi) is 7.44. The van der Waals surface area contributed by atoms with Crippen LogP contribution in [0.2, 0.25) is 0 Å². The average Bonchev–Trinajstić information content (AvgIpc) is 3.36. The third-order valence-corrected chi connectivity index (χ3v) is 5.78. The number of hydrogen-bond donors (Lipinski definition) is 2. The molecule has 14 heteroatoms. The van der Waals surface area contributed by atoms with Gasteiger partial charge in [0.05, 0.1) is 28.3 Å². The fraction of sp³-hybridized carbons (Fsp3) is 0.458. The van der Waals surface area contributed by atoms with Gasteiger partial charge < -0.3 is 18.9 Å². The minimum atomic E-state index is -1.11. The first-order chi connectivity index (χ1) is 17.9. The van der Waals surface area contributed by atoms with Crippen LogP contribution in [0.25, 0.3) is 21.9 Å². The van der Waals surface area contributed by atoms with E-state index >= 15 is 0 Å². The van der Waals surface area contributed by atoms with Gasteiger partial charge in [-0.05, 0) is 12.1 Å². The molecule has 1 saturated heterocycles. The number of aromatic nitrogens is 4. The predicted octanol–water partition coefficient (Wildman–Crippen LogP) is 1.19. The van der Waals surface area contributed by atoms with Crippen LogP contribution in [0.1, 0.15) is 40.8 Å². The van der Waals surface area contributed by atoms with Gasteiger partial charge in [-0.15, -0.1) is 0 Å². The molecule has 0 unspecified atom stereocenters. The Balaban J connectivity index is 1.79. The second kappa shape index (κ2) is 10.6. The van der Waals surface area contributed by atoms with E-state index in [0.717, 1.165) is 0 Å². The van der Waals surface area contributed by atoms with Gasteiger partial charge in [-0.3, -0.25) is 38.8 Å². The fourth-order valence-electron chi connectivity index (χ4n) is 4.10. The first-order valence-electron chi connectivity index (χ1n) is 11.8. The van der Waals surface area contributed by atoms with Crippen LogP contribution in [0.5, 0.6) is 0 Å². The number of carbonyl (C=O) groups is 4. The summed E-state index contributed by atoms with van der Waals surface area (Å²) in [5, 5.41) is 2.80. The van der Waals surface area contributed by atoms with Crippen molar-refractivity contribution in [2.75, 3.05) is 11.9 Å². The van der Waals surface area contributed by atoms with Crippen molar-refractivity contribution in [1.82, 2.24) is 19.5 Å². The molecule has 1 amide bonds. The molecule has 1 fully saturated rings. The Bertz CT molecular complexity index is 1480. The van der Waals surface area contributed by atoms with E-state index in [1.54, 1.807) is 24.5 Å². The number of hydrogen-bond acceptors (Lipinski definition) is 11. The number of nitrogens with one attached hydrogen (secondary N) is 2. The highest BCUT2D eigenvalue weighted by molar-refractivity contribution is 5.95. The Labute approximate surface area is 215 Å². The lowest BCUT2D eigenvalue weighted by atomic mass is 10.1. The van der Waals surface area contributed by atoms with Crippen molar-refractivity contribution in [3.63, 3.8) is 0 Å². The van der Waals surface area contributed by atoms with Gasteiger partial charge in [-0.1, -0.05) is 13.8 Å². The number of carbonyl (C=O) groups excluding carboxylic acids is 4. The summed E-state index contributed by atoms with van der Waals surface area (Å²) in [5.41, 5.74) is 0.642. The molecule has 2 aromatic heterocycles. The number of nitrogens with zero attached hydrogens (tertiary/aromatic N) is 3. The molecular weight excluding hydrogens is 502 g/mol. The molecule has 3 aromatic rings. The molecule has 1 aromatic carbocycles. The van der Waals surface area contributed by atoms with E-state index in [2.05, 4.69) is 20.3 Å². The summed E-state index contributed by atoms with van der Waals surface area (Å²) >= 11 is 0. The number of fused-ring (bicyclic) bond motifs is 2. The van der Waals surface area contributed by atoms with E-state index in [9.17, 15) is 24.0 Å². The largest absolute Gasteiger partial charge is 0.463 e. The summed E-state index contributed by atoms with van der Waals surface area (Å²) in [6.45, 7) is 6.76. The van der Waals surface area contributed by atoms with E-state index in [0.29, 0.717) is 11.0 Å². The topological polar surface area (TPSA) is 181 Å². The molecule has 14 nitrogen and oxygen atoms in total. The molecule has 4 rings (SSSR count). The van der Waals surface area contributed by atoms with Crippen molar-refractivity contribution in [3.8, 4) is 0 Å². The molecule has 0 spiro atoms. The lowest BCUT2D eigenvalue weighted by molar-refractivity contribution is -0.166. The highest BCUT2D eigenvalue weighted by atomic mass is 16.7. The third-order valence-electron chi connectivity index (χ3n) is 5.78. The van der Waals surface area contributed by atoms with Crippen LogP contribution in [0.15, 0.2) is 23.3 Å². The molecule has 0 aliphatic carbocycles. The summed E-state index contributed by atoms with van der Waals surface area (Å²) in [6, 6.07) is 3.10. The summed E-state index contributed by atoms with van der Waals surface area (Å²) < 4.78 is 23.6. The number of anilines is 1. The van der Waals surface area contributed by atoms with Gasteiger partial charge in [-0.2, -0.15) is 0 Å². The highest BCUT2D eigenvalue weighted by Crippen LogP contribution is 2.36. The van der Waals surface area contributed by atoms with Crippen LogP contribution < -0.4 is 10.9 Å². The zero-order chi connectivity index (χ0) is 27.7. The van der Waals surface area contributed by atoms with E-state index in [-0.39, 0.29) is 35.3 Å². The van der Waals surface area contributed by atoms with Crippen LogP contribution in [-0.4, -0.2) is 68.3 Å². The van der Waals surface area contributed by atoms with Gasteiger partial charge in [-0.25, -0.2) is 9.97 Å². The molecule has 1 aliphatic heterocycles. The number of esters is 3. The Hall–Kier alpha value is -4.33. The smallest absolute Gasteiger partial charge is 0.303 e. The lowest BCUT2D eigenvalue weighted by Gasteiger charge is -2.24. The Morgan fingerprint density at radius 1 is 1.05 bits per heavy atom. The zero-order valence-electron chi connectivity index (χ0n) is 21.3. The van der Waals surface area contributed by atoms with Gasteiger partial charge in [0.2, 0.25) is 11.9 Å². The maximum Gasteiger partial charge on any atom is 0.303 e. The van der Waals surface area contributed by atoms with E-state index in [4.69, 9.17) is 18.9 Å². The molecule has 202 valence electrons. The zero-order valence-corrected chi connectivity index (χ0v) is 21.3. The lowest BCUT2D eigenvalue weighted by Crippen LogP contribution is -2.40. The Morgan fingerprint density at radius 2 is 1.74 bits per heavy atom. The van der Waals surface area contributed by atoms with Crippen molar-refractivity contribution < 1.29 is 38.1 Å². The van der Waals surface area contributed by atoms with Crippen molar-refractivity contribution in [3.05, 3.63) is 28.8 Å². The summed E-state index contributed by atoms with van der Waals surface area (Å²) in [4.78, 5) is 71.2. The van der Waals surface area contributed by atoms with Gasteiger partial charge in [0, 0.05) is 26.7 Å². The molecular formula is C24H27N5O9. The first-order valence-corrected chi connectivity index (χ1v) is 11.8. The Morgan fingerprint density at radius 3 is 2.37 bits per heavy atom. The van der Waals surface area contributed by atoms with Crippen LogP contribution in [0.3, 0.4) is 0 Å². The highest BCUT2D eigenvalue weighted by Gasteiger charge is 2.50. The molecule has 0 saturated carbocycles. The number of H-pyrrole nitrogens is 1. The van der Waals surface area contributed by atoms with E-state index in [1.165, 1.54) is 33.2 Å². The van der Waals surface area contributed by atoms with Crippen LogP contribution >= 0.6 is 0 Å². The number of rotatable bonds is 7. The van der Waals surface area contributed by atoms with Crippen molar-refractivity contribution in [2.45, 2.75) is 59.2 Å². The minimum absolute atomic E-state index is 0.0158. The van der Waals surface area contributed by atoms with Crippen LogP contribution in [0, 0.1) is 5.92 Å². The van der Waals surface area contributed by atoms with Gasteiger partial charge in [0.15, 0.2) is 18.4 Å². The van der Waals surface area contributed by atoms with Crippen LogP contribution in [-0.2, 0) is 38.1 Å². The van der Waals surface area contributed by atoms with Crippen molar-refractivity contribution in [1.29, 1.82) is 0 Å². The standard InChI is InChI=1S/C24H27N5O9/c1-10(2)21(33)27-24-26-15-7-17-16(6-14(15)22(34)28-24)25-9-29(17)23-20(37-13(5)32)19(36-12(4)31)18(38-23)8-35-11(3)30/h6-7,9-10,18-20,23H,8H2,1-5H3,(H2,26,27,28,33,34)/t18-,19-,20-,23-/m1/s1. The predicted molar refractivity (Wildman–Crippen MR) is 131 cm³/mol. The second-order valence-electron chi connectivity index (χ2n) is 9.08. The maximum atomic E-state index is 12.7. The van der Waals surface area contributed by atoms with E-state index < -0.39 is 48.0 Å². The number of benzene rings is 1. The molecule has 4 atom stereocenters. The SMILES string of the molecule is CC(=O)OC[C@H]1O[C@@H](n2cnc3cc4c(=O)[nH]c(NC(=O)C(C)C)nc4cc32)[C@H](OC(C)=O)[C@@H]1OC(C)=O. The molecule has 0 radical (unpaired) electrons. The molecule has 2 N–H and O–H groups in total. The number of amides is 1. The third kappa shape index (κ3) is 5.49. The van der Waals surface area contributed by atoms with Crippen molar-refractivity contribution in [2.24, 2.45) is 5.92 Å². The summed E-state index contributed by atoms with van der Waals surface area (Å²) in [7, 11) is 0. The number of ether oxygens (including phenoxy) is 4. The second-order valence-corrected chi connectivity index (χ2v) is 9.08. The minimum Gasteiger partial charge on any atom is -0.463 e. The van der Waals surface area contributed by atoms with Gasteiger partial charge >= 0.3 is 17.9 Å². The van der Waals surface area contributed by atoms with E-state index in [1.807, 2.05) is 0 Å². The molecule has 0 bridgehead atoms. The quantitative estimate of drug-likeness (QED) is 0.331. The number of aromatic amines is 1. The average molecular weight is 530 g/mol.